The molecule has 0 spiro atoms. The van der Waals surface area contributed by atoms with Crippen molar-refractivity contribution < 1.29 is 4.79 Å². The number of anilines is 1. The summed E-state index contributed by atoms with van der Waals surface area (Å²) < 4.78 is 2.34. The van der Waals surface area contributed by atoms with Gasteiger partial charge in [0.1, 0.15) is 5.82 Å². The fraction of sp³-hybridized carbons (Fsp3) is 0.600. The first-order chi connectivity index (χ1) is 12.5. The Morgan fingerprint density at radius 3 is 2.62 bits per heavy atom. The van der Waals surface area contributed by atoms with Crippen LogP contribution in [0.3, 0.4) is 0 Å². The molecule has 0 bridgehead atoms. The monoisotopic (exact) mass is 357 g/mol. The number of nitrogens with zero attached hydrogens (tertiary/aromatic N) is 4. The Morgan fingerprint density at radius 2 is 1.96 bits per heavy atom. The molecule has 1 amide bonds. The lowest BCUT2D eigenvalue weighted by molar-refractivity contribution is -0.118. The summed E-state index contributed by atoms with van der Waals surface area (Å²) in [7, 11) is 2.18. The molecule has 0 unspecified atom stereocenters. The van der Waals surface area contributed by atoms with Crippen molar-refractivity contribution in [3.8, 4) is 0 Å². The van der Waals surface area contributed by atoms with Gasteiger partial charge < -0.3 is 14.8 Å². The second kappa shape index (κ2) is 8.18. The Hall–Kier alpha value is -1.92. The molecule has 1 aliphatic rings. The largest absolute Gasteiger partial charge is 0.327 e. The Bertz CT molecular complexity index is 759. The van der Waals surface area contributed by atoms with Crippen molar-refractivity contribution in [1.29, 1.82) is 0 Å². The van der Waals surface area contributed by atoms with Crippen LogP contribution < -0.4 is 5.32 Å². The van der Waals surface area contributed by atoms with Crippen molar-refractivity contribution in [3.05, 3.63) is 24.0 Å². The molecule has 1 aliphatic heterocycles. The fourth-order valence-electron chi connectivity index (χ4n) is 3.34. The van der Waals surface area contributed by atoms with Crippen LogP contribution in [-0.4, -0.2) is 58.5 Å². The summed E-state index contributed by atoms with van der Waals surface area (Å²) in [5.74, 6) is 1.13. The molecule has 1 aromatic heterocycles. The Balaban J connectivity index is 1.85. The minimum absolute atomic E-state index is 0.0314. The Kier molecular flexibility index (Phi) is 5.94. The Labute approximate surface area is 156 Å². The molecule has 26 heavy (non-hydrogen) atoms. The summed E-state index contributed by atoms with van der Waals surface area (Å²) in [6.45, 7) is 12.2. The van der Waals surface area contributed by atoms with Gasteiger partial charge in [-0.15, -0.1) is 0 Å². The minimum Gasteiger partial charge on any atom is -0.327 e. The lowest BCUT2D eigenvalue weighted by Crippen LogP contribution is -2.44. The van der Waals surface area contributed by atoms with Crippen LogP contribution in [0, 0.1) is 5.92 Å². The highest BCUT2D eigenvalue weighted by Gasteiger charge is 2.18. The number of rotatable bonds is 6. The van der Waals surface area contributed by atoms with E-state index in [4.69, 9.17) is 4.98 Å². The Morgan fingerprint density at radius 1 is 1.23 bits per heavy atom. The standard InChI is InChI=1S/C20H31N5O/c1-5-8-25-18-7-6-16(21-20(26)15(2)3)13-17(18)22-19(25)14-24-11-9-23(4)10-12-24/h6-7,13,15H,5,8-12,14H2,1-4H3,(H,21,26). The van der Waals surface area contributed by atoms with Gasteiger partial charge in [0.05, 0.1) is 17.6 Å². The number of hydrogen-bond acceptors (Lipinski definition) is 4. The first-order valence-corrected chi connectivity index (χ1v) is 9.69. The van der Waals surface area contributed by atoms with E-state index in [1.807, 2.05) is 26.0 Å². The van der Waals surface area contributed by atoms with Crippen LogP contribution in [0.25, 0.3) is 11.0 Å². The molecule has 2 aromatic rings. The molecule has 1 N–H and O–H groups in total. The SMILES string of the molecule is CCCn1c(CN2CCN(C)CC2)nc2cc(NC(=O)C(C)C)ccc21. The van der Waals surface area contributed by atoms with Crippen molar-refractivity contribution in [2.45, 2.75) is 40.3 Å². The van der Waals surface area contributed by atoms with E-state index in [-0.39, 0.29) is 11.8 Å². The van der Waals surface area contributed by atoms with Crippen LogP contribution in [0.15, 0.2) is 18.2 Å². The average molecular weight is 358 g/mol. The van der Waals surface area contributed by atoms with E-state index in [0.717, 1.165) is 68.2 Å². The van der Waals surface area contributed by atoms with Crippen LogP contribution in [0.4, 0.5) is 5.69 Å². The van der Waals surface area contributed by atoms with E-state index in [0.29, 0.717) is 0 Å². The van der Waals surface area contributed by atoms with Gasteiger partial charge in [-0.25, -0.2) is 4.98 Å². The maximum atomic E-state index is 12.0. The average Bonchev–Trinajstić information content (AvgIpc) is 2.94. The number of aryl methyl sites for hydroxylation is 1. The number of benzene rings is 1. The molecule has 0 radical (unpaired) electrons. The van der Waals surface area contributed by atoms with Gasteiger partial charge >= 0.3 is 0 Å². The second-order valence-electron chi connectivity index (χ2n) is 7.61. The highest BCUT2D eigenvalue weighted by Crippen LogP contribution is 2.22. The smallest absolute Gasteiger partial charge is 0.226 e. The van der Waals surface area contributed by atoms with E-state index >= 15 is 0 Å². The molecule has 0 atom stereocenters. The van der Waals surface area contributed by atoms with E-state index in [1.54, 1.807) is 0 Å². The zero-order valence-electron chi connectivity index (χ0n) is 16.5. The number of fused-ring (bicyclic) bond motifs is 1. The first-order valence-electron chi connectivity index (χ1n) is 9.69. The fourth-order valence-corrected chi connectivity index (χ4v) is 3.34. The molecule has 1 fully saturated rings. The van der Waals surface area contributed by atoms with E-state index < -0.39 is 0 Å². The number of nitrogens with one attached hydrogen (secondary N) is 1. The van der Waals surface area contributed by atoms with Gasteiger partial charge in [-0.1, -0.05) is 20.8 Å². The molecule has 3 rings (SSSR count). The number of aromatic nitrogens is 2. The van der Waals surface area contributed by atoms with Gasteiger partial charge in [-0.05, 0) is 31.7 Å². The molecule has 1 saturated heterocycles. The lowest BCUT2D eigenvalue weighted by Gasteiger charge is -2.32. The third-order valence-electron chi connectivity index (χ3n) is 5.03. The summed E-state index contributed by atoms with van der Waals surface area (Å²) >= 11 is 0. The predicted octanol–water partition coefficient (Wildman–Crippen LogP) is 2.79. The summed E-state index contributed by atoms with van der Waals surface area (Å²) in [6, 6.07) is 6.06. The van der Waals surface area contributed by atoms with Crippen molar-refractivity contribution >= 4 is 22.6 Å². The van der Waals surface area contributed by atoms with Crippen LogP contribution in [0.5, 0.6) is 0 Å². The zero-order valence-corrected chi connectivity index (χ0v) is 16.5. The third-order valence-corrected chi connectivity index (χ3v) is 5.03. The highest BCUT2D eigenvalue weighted by molar-refractivity contribution is 5.94. The van der Waals surface area contributed by atoms with Crippen LogP contribution in [-0.2, 0) is 17.9 Å². The number of piperazine rings is 1. The van der Waals surface area contributed by atoms with Gasteiger partial charge in [-0.2, -0.15) is 0 Å². The van der Waals surface area contributed by atoms with Crippen molar-refractivity contribution in [2.24, 2.45) is 5.92 Å². The maximum Gasteiger partial charge on any atom is 0.226 e. The van der Waals surface area contributed by atoms with Crippen LogP contribution >= 0.6 is 0 Å². The molecular formula is C20H31N5O. The topological polar surface area (TPSA) is 53.4 Å². The van der Waals surface area contributed by atoms with Crippen LogP contribution in [0.2, 0.25) is 0 Å². The van der Waals surface area contributed by atoms with Gasteiger partial charge in [-0.3, -0.25) is 9.69 Å². The normalized spacial score (nSPS) is 16.5. The maximum absolute atomic E-state index is 12.0. The first kappa shape index (κ1) is 18.9. The predicted molar refractivity (Wildman–Crippen MR) is 106 cm³/mol. The molecule has 0 aliphatic carbocycles. The van der Waals surface area contributed by atoms with Crippen molar-refractivity contribution in [1.82, 2.24) is 19.4 Å². The lowest BCUT2D eigenvalue weighted by atomic mass is 10.2. The quantitative estimate of drug-likeness (QED) is 0.864. The van der Waals surface area contributed by atoms with Crippen molar-refractivity contribution in [3.63, 3.8) is 0 Å². The van der Waals surface area contributed by atoms with Gasteiger partial charge in [0.2, 0.25) is 5.91 Å². The molecular weight excluding hydrogens is 326 g/mol. The van der Waals surface area contributed by atoms with Gasteiger partial charge in [0, 0.05) is 44.3 Å². The third kappa shape index (κ3) is 4.24. The van der Waals surface area contributed by atoms with Gasteiger partial charge in [0.15, 0.2) is 0 Å². The molecule has 6 heteroatoms. The minimum atomic E-state index is -0.0314. The number of imidazole rings is 1. The summed E-state index contributed by atoms with van der Waals surface area (Å²) in [4.78, 5) is 21.7. The molecule has 0 saturated carbocycles. The highest BCUT2D eigenvalue weighted by atomic mass is 16.1. The zero-order chi connectivity index (χ0) is 18.7. The molecule has 6 nitrogen and oxygen atoms in total. The number of hydrogen-bond donors (Lipinski definition) is 1. The molecule has 142 valence electrons. The van der Waals surface area contributed by atoms with E-state index in [2.05, 4.69) is 39.7 Å². The number of carbonyl (C=O) groups excluding carboxylic acids is 1. The number of likely N-dealkylation sites (N-methyl/N-ethyl adjacent to an activating group) is 1. The molecule has 2 heterocycles. The number of carbonyl (C=O) groups is 1. The summed E-state index contributed by atoms with van der Waals surface area (Å²) in [6.07, 6.45) is 1.08. The van der Waals surface area contributed by atoms with Gasteiger partial charge in [0.25, 0.3) is 0 Å². The van der Waals surface area contributed by atoms with Crippen molar-refractivity contribution in [2.75, 3.05) is 38.5 Å². The summed E-state index contributed by atoms with van der Waals surface area (Å²) in [5.41, 5.74) is 2.94. The number of amides is 1. The van der Waals surface area contributed by atoms with Crippen LogP contribution in [0.1, 0.15) is 33.0 Å². The van der Waals surface area contributed by atoms with E-state index in [1.165, 1.54) is 0 Å². The summed E-state index contributed by atoms with van der Waals surface area (Å²) in [5, 5.41) is 2.98. The molecule has 1 aromatic carbocycles. The van der Waals surface area contributed by atoms with E-state index in [9.17, 15) is 4.79 Å². The second-order valence-corrected chi connectivity index (χ2v) is 7.61.